The molecule has 4 nitrogen and oxygen atoms in total. The molecule has 2 aromatic rings. The lowest BCUT2D eigenvalue weighted by molar-refractivity contribution is 0.333. The fourth-order valence-electron chi connectivity index (χ4n) is 2.00. The Bertz CT molecular complexity index is 574. The maximum absolute atomic E-state index is 5.96. The van der Waals surface area contributed by atoms with Gasteiger partial charge < -0.3 is 9.84 Å². The summed E-state index contributed by atoms with van der Waals surface area (Å²) in [4.78, 5) is 5.55. The van der Waals surface area contributed by atoms with E-state index in [2.05, 4.69) is 29.3 Å². The lowest BCUT2D eigenvalue weighted by atomic mass is 10.0. The molecule has 0 bridgehead atoms. The van der Waals surface area contributed by atoms with E-state index in [1.165, 1.54) is 0 Å². The predicted molar refractivity (Wildman–Crippen MR) is 86.7 cm³/mol. The lowest BCUT2D eigenvalue weighted by Gasteiger charge is -2.17. The molecule has 0 spiro atoms. The quantitative estimate of drug-likeness (QED) is 0.785. The minimum atomic E-state index is 0.346. The summed E-state index contributed by atoms with van der Waals surface area (Å²) >= 11 is 7.61. The van der Waals surface area contributed by atoms with E-state index in [1.807, 2.05) is 31.3 Å². The van der Waals surface area contributed by atoms with E-state index in [0.717, 1.165) is 16.3 Å². The van der Waals surface area contributed by atoms with Gasteiger partial charge in [-0.1, -0.05) is 36.7 Å². The number of benzene rings is 1. The molecular formula is C15H20ClN3OS. The highest BCUT2D eigenvalue weighted by molar-refractivity contribution is 7.98. The van der Waals surface area contributed by atoms with Crippen LogP contribution < -0.4 is 5.32 Å². The molecule has 0 amide bonds. The van der Waals surface area contributed by atoms with Crippen molar-refractivity contribution < 1.29 is 4.52 Å². The first-order valence-electron chi connectivity index (χ1n) is 6.95. The number of likely N-dealkylation sites (N-methyl/N-ethyl adjacent to an activating group) is 1. The Labute approximate surface area is 134 Å². The average Bonchev–Trinajstić information content (AvgIpc) is 2.90. The second kappa shape index (κ2) is 7.82. The molecule has 0 radical (unpaired) electrons. The third kappa shape index (κ3) is 5.02. The summed E-state index contributed by atoms with van der Waals surface area (Å²) in [5.41, 5.74) is 0. The van der Waals surface area contributed by atoms with E-state index in [4.69, 9.17) is 16.1 Å². The number of halogens is 1. The Hall–Kier alpha value is -1.04. The summed E-state index contributed by atoms with van der Waals surface area (Å²) in [7, 11) is 1.96. The number of hydrogen-bond donors (Lipinski definition) is 1. The van der Waals surface area contributed by atoms with Crippen molar-refractivity contribution in [3.63, 3.8) is 0 Å². The Morgan fingerprint density at radius 3 is 2.86 bits per heavy atom. The van der Waals surface area contributed by atoms with Crippen molar-refractivity contribution in [2.75, 3.05) is 7.05 Å². The van der Waals surface area contributed by atoms with Gasteiger partial charge in [0.2, 0.25) is 5.89 Å². The van der Waals surface area contributed by atoms with Gasteiger partial charge in [0, 0.05) is 22.4 Å². The largest absolute Gasteiger partial charge is 0.339 e. The van der Waals surface area contributed by atoms with Crippen LogP contribution in [0.5, 0.6) is 0 Å². The molecule has 1 N–H and O–H groups in total. The average molecular weight is 326 g/mol. The zero-order chi connectivity index (χ0) is 15.2. The molecule has 1 atom stereocenters. The predicted octanol–water partition coefficient (Wildman–Crippen LogP) is 3.80. The van der Waals surface area contributed by atoms with Crippen LogP contribution in [0.1, 0.15) is 25.6 Å². The van der Waals surface area contributed by atoms with Crippen LogP contribution in [0.25, 0.3) is 0 Å². The molecule has 114 valence electrons. The summed E-state index contributed by atoms with van der Waals surface area (Å²) in [6, 6.07) is 8.10. The Morgan fingerprint density at radius 2 is 2.19 bits per heavy atom. The fraction of sp³-hybridized carbons (Fsp3) is 0.467. The van der Waals surface area contributed by atoms with Crippen molar-refractivity contribution in [1.82, 2.24) is 15.5 Å². The van der Waals surface area contributed by atoms with E-state index in [-0.39, 0.29) is 0 Å². The first-order chi connectivity index (χ1) is 10.1. The minimum absolute atomic E-state index is 0.346. The number of thioether (sulfide) groups is 1. The van der Waals surface area contributed by atoms with Crippen LogP contribution in [0.4, 0.5) is 0 Å². The zero-order valence-corrected chi connectivity index (χ0v) is 14.0. The summed E-state index contributed by atoms with van der Waals surface area (Å²) in [5.74, 6) is 2.60. The maximum atomic E-state index is 5.96. The standard InChI is InChI=1S/C15H20ClN3OS/c1-10(2)13(17-3)8-15-18-14(19-20-15)9-21-12-6-4-5-11(16)7-12/h4-7,10,13,17H,8-9H2,1-3H3. The molecule has 0 saturated heterocycles. The number of nitrogens with zero attached hydrogens (tertiary/aromatic N) is 2. The topological polar surface area (TPSA) is 51.0 Å². The zero-order valence-electron chi connectivity index (χ0n) is 12.5. The van der Waals surface area contributed by atoms with E-state index >= 15 is 0 Å². The lowest BCUT2D eigenvalue weighted by Crippen LogP contribution is -2.32. The molecule has 1 aromatic heterocycles. The monoisotopic (exact) mass is 325 g/mol. The molecule has 6 heteroatoms. The maximum Gasteiger partial charge on any atom is 0.228 e. The van der Waals surface area contributed by atoms with Crippen molar-refractivity contribution in [1.29, 1.82) is 0 Å². The van der Waals surface area contributed by atoms with E-state index < -0.39 is 0 Å². The number of aromatic nitrogens is 2. The SMILES string of the molecule is CNC(Cc1nc(CSc2cccc(Cl)c2)no1)C(C)C. The summed E-state index contributed by atoms with van der Waals surface area (Å²) < 4.78 is 5.32. The van der Waals surface area contributed by atoms with Gasteiger partial charge >= 0.3 is 0 Å². The van der Waals surface area contributed by atoms with Crippen molar-refractivity contribution in [3.05, 3.63) is 41.0 Å². The Balaban J connectivity index is 1.91. The highest BCUT2D eigenvalue weighted by Gasteiger charge is 2.16. The van der Waals surface area contributed by atoms with Gasteiger partial charge in [0.05, 0.1) is 5.75 Å². The molecule has 0 aliphatic rings. The molecular weight excluding hydrogens is 306 g/mol. The summed E-state index contributed by atoms with van der Waals surface area (Å²) in [6.45, 7) is 4.35. The van der Waals surface area contributed by atoms with Crippen LogP contribution in [0.3, 0.4) is 0 Å². The summed E-state index contributed by atoms with van der Waals surface area (Å²) in [5, 5.41) is 8.05. The van der Waals surface area contributed by atoms with Crippen LogP contribution >= 0.6 is 23.4 Å². The third-order valence-electron chi connectivity index (χ3n) is 3.24. The molecule has 1 heterocycles. The van der Waals surface area contributed by atoms with Crippen molar-refractivity contribution in [2.45, 2.75) is 37.0 Å². The molecule has 0 saturated carbocycles. The fourth-order valence-corrected chi connectivity index (χ4v) is 3.05. The van der Waals surface area contributed by atoms with E-state index in [0.29, 0.717) is 29.4 Å². The van der Waals surface area contributed by atoms with Gasteiger partial charge in [-0.3, -0.25) is 0 Å². The van der Waals surface area contributed by atoms with Crippen LogP contribution in [0.2, 0.25) is 5.02 Å². The number of nitrogens with one attached hydrogen (secondary N) is 1. The van der Waals surface area contributed by atoms with Crippen molar-refractivity contribution in [3.8, 4) is 0 Å². The smallest absolute Gasteiger partial charge is 0.228 e. The van der Waals surface area contributed by atoms with Gasteiger partial charge in [-0.25, -0.2) is 0 Å². The molecule has 0 aliphatic heterocycles. The van der Waals surface area contributed by atoms with Crippen LogP contribution in [-0.4, -0.2) is 23.2 Å². The Kier molecular flexibility index (Phi) is 6.08. The van der Waals surface area contributed by atoms with Crippen molar-refractivity contribution >= 4 is 23.4 Å². The molecule has 1 aromatic carbocycles. The second-order valence-electron chi connectivity index (χ2n) is 5.19. The number of hydrogen-bond acceptors (Lipinski definition) is 5. The first kappa shape index (κ1) is 16.3. The van der Waals surface area contributed by atoms with Crippen molar-refractivity contribution in [2.24, 2.45) is 5.92 Å². The highest BCUT2D eigenvalue weighted by atomic mass is 35.5. The molecule has 0 fully saturated rings. The minimum Gasteiger partial charge on any atom is -0.339 e. The molecule has 0 aliphatic carbocycles. The Morgan fingerprint density at radius 1 is 1.38 bits per heavy atom. The van der Waals surface area contributed by atoms with E-state index in [1.54, 1.807) is 11.8 Å². The van der Waals surface area contributed by atoms with Gasteiger partial charge in [-0.2, -0.15) is 4.98 Å². The third-order valence-corrected chi connectivity index (χ3v) is 4.47. The number of rotatable bonds is 7. The normalized spacial score (nSPS) is 12.8. The first-order valence-corrected chi connectivity index (χ1v) is 8.32. The van der Waals surface area contributed by atoms with Crippen LogP contribution in [0, 0.1) is 5.92 Å². The molecule has 1 unspecified atom stereocenters. The van der Waals surface area contributed by atoms with Crippen LogP contribution in [-0.2, 0) is 12.2 Å². The highest BCUT2D eigenvalue weighted by Crippen LogP contribution is 2.24. The van der Waals surface area contributed by atoms with Gasteiger partial charge in [-0.15, -0.1) is 11.8 Å². The van der Waals surface area contributed by atoms with Gasteiger partial charge in [0.25, 0.3) is 0 Å². The van der Waals surface area contributed by atoms with Crippen LogP contribution in [0.15, 0.2) is 33.7 Å². The van der Waals surface area contributed by atoms with Gasteiger partial charge in [-0.05, 0) is 31.2 Å². The van der Waals surface area contributed by atoms with Gasteiger partial charge in [0.15, 0.2) is 5.82 Å². The molecule has 2 rings (SSSR count). The van der Waals surface area contributed by atoms with Gasteiger partial charge in [0.1, 0.15) is 0 Å². The van der Waals surface area contributed by atoms with E-state index in [9.17, 15) is 0 Å². The molecule has 21 heavy (non-hydrogen) atoms. The second-order valence-corrected chi connectivity index (χ2v) is 6.68. The summed E-state index contributed by atoms with van der Waals surface area (Å²) in [6.07, 6.45) is 0.753.